The Hall–Kier alpha value is -0.660. The molecule has 2 heteroatoms. The van der Waals surface area contributed by atoms with Crippen LogP contribution in [-0.4, -0.2) is 12.2 Å². The first-order valence-corrected chi connectivity index (χ1v) is 5.65. The third-order valence-corrected chi connectivity index (χ3v) is 2.53. The van der Waals surface area contributed by atoms with Crippen LogP contribution in [0.5, 0.6) is 0 Å². The molecule has 2 atom stereocenters. The van der Waals surface area contributed by atoms with Gasteiger partial charge in [-0.05, 0) is 31.8 Å². The molecule has 2 unspecified atom stereocenters. The second-order valence-electron chi connectivity index (χ2n) is 4.46. The molecule has 0 aromatic rings. The lowest BCUT2D eigenvalue weighted by Crippen LogP contribution is -2.24. The molecular formula is C12H22O2. The van der Waals surface area contributed by atoms with Crippen molar-refractivity contribution in [2.75, 3.05) is 0 Å². The molecule has 1 fully saturated rings. The quantitative estimate of drug-likeness (QED) is 0.673. The molecular weight excluding hydrogens is 176 g/mol. The summed E-state index contributed by atoms with van der Waals surface area (Å²) in [6.07, 6.45) is 5.04. The van der Waals surface area contributed by atoms with Gasteiger partial charge in [0.15, 0.2) is 0 Å². The molecule has 0 amide bonds. The lowest BCUT2D eigenvalue weighted by Gasteiger charge is -2.17. The van der Waals surface area contributed by atoms with Gasteiger partial charge >= 0.3 is 0 Å². The van der Waals surface area contributed by atoms with Crippen molar-refractivity contribution in [1.29, 1.82) is 0 Å². The topological polar surface area (TPSA) is 18.5 Å². The second kappa shape index (κ2) is 5.28. The Labute approximate surface area is 87.3 Å². The van der Waals surface area contributed by atoms with Crippen LogP contribution in [0.4, 0.5) is 0 Å². The zero-order valence-electron chi connectivity index (χ0n) is 9.58. The van der Waals surface area contributed by atoms with Gasteiger partial charge in [0.25, 0.3) is 5.95 Å². The molecule has 0 N–H and O–H groups in total. The van der Waals surface area contributed by atoms with E-state index in [9.17, 15) is 0 Å². The maximum atomic E-state index is 5.57. The van der Waals surface area contributed by atoms with Crippen LogP contribution >= 0.6 is 0 Å². The van der Waals surface area contributed by atoms with Crippen molar-refractivity contribution in [3.63, 3.8) is 0 Å². The average Bonchev–Trinajstić information content (AvgIpc) is 2.41. The molecule has 0 aliphatic carbocycles. The minimum atomic E-state index is 0.231. The Kier molecular flexibility index (Phi) is 4.30. The molecule has 1 aliphatic heterocycles. The van der Waals surface area contributed by atoms with E-state index in [0.717, 1.165) is 12.8 Å². The molecule has 14 heavy (non-hydrogen) atoms. The summed E-state index contributed by atoms with van der Waals surface area (Å²) in [5.74, 6) is 1.16. The van der Waals surface area contributed by atoms with Crippen LogP contribution < -0.4 is 0 Å². The van der Waals surface area contributed by atoms with Gasteiger partial charge in [-0.15, -0.1) is 0 Å². The van der Waals surface area contributed by atoms with Crippen LogP contribution in [0.3, 0.4) is 0 Å². The smallest absolute Gasteiger partial charge is 0.272 e. The number of hydrogen-bond donors (Lipinski definition) is 0. The molecule has 0 saturated carbocycles. The van der Waals surface area contributed by atoms with Crippen LogP contribution in [0.1, 0.15) is 46.5 Å². The molecule has 1 saturated heterocycles. The molecule has 0 radical (unpaired) electrons. The fourth-order valence-electron chi connectivity index (χ4n) is 1.83. The van der Waals surface area contributed by atoms with Gasteiger partial charge in [-0.1, -0.05) is 27.2 Å². The Morgan fingerprint density at radius 3 is 2.50 bits per heavy atom. The predicted molar refractivity (Wildman–Crippen MR) is 57.9 cm³/mol. The highest BCUT2D eigenvalue weighted by Crippen LogP contribution is 2.28. The van der Waals surface area contributed by atoms with E-state index < -0.39 is 0 Å². The third kappa shape index (κ3) is 3.24. The van der Waals surface area contributed by atoms with Crippen LogP contribution in [0, 0.1) is 5.92 Å². The van der Waals surface area contributed by atoms with E-state index in [1.165, 1.54) is 12.8 Å². The Balaban J connectivity index is 2.41. The van der Waals surface area contributed by atoms with Gasteiger partial charge in [-0.2, -0.15) is 0 Å². The van der Waals surface area contributed by atoms with Gasteiger partial charge in [-0.3, -0.25) is 0 Å². The van der Waals surface area contributed by atoms with Crippen molar-refractivity contribution < 1.29 is 9.47 Å². The maximum absolute atomic E-state index is 5.57. The van der Waals surface area contributed by atoms with Crippen molar-refractivity contribution in [2.24, 2.45) is 5.92 Å². The highest BCUT2D eigenvalue weighted by Gasteiger charge is 2.32. The summed E-state index contributed by atoms with van der Waals surface area (Å²) < 4.78 is 11.1. The van der Waals surface area contributed by atoms with E-state index in [1.54, 1.807) is 0 Å². The summed E-state index contributed by atoms with van der Waals surface area (Å²) in [6.45, 7) is 10.3. The van der Waals surface area contributed by atoms with Crippen LogP contribution in [0.15, 0.2) is 12.5 Å². The summed E-state index contributed by atoms with van der Waals surface area (Å²) in [5.41, 5.74) is 0. The minimum absolute atomic E-state index is 0.231. The fraction of sp³-hybridized carbons (Fsp3) is 0.833. The third-order valence-electron chi connectivity index (χ3n) is 2.53. The zero-order chi connectivity index (χ0) is 10.6. The molecule has 0 bridgehead atoms. The van der Waals surface area contributed by atoms with Crippen molar-refractivity contribution in [2.45, 2.75) is 58.7 Å². The molecule has 0 spiro atoms. The summed E-state index contributed by atoms with van der Waals surface area (Å²) in [7, 11) is 0. The second-order valence-corrected chi connectivity index (χ2v) is 4.46. The molecule has 0 aromatic carbocycles. The summed E-state index contributed by atoms with van der Waals surface area (Å²) in [4.78, 5) is 0. The monoisotopic (exact) mass is 198 g/mol. The maximum Gasteiger partial charge on any atom is 0.272 e. The standard InChI is InChI=1S/C12H22O2/c1-5-6-7-11-12(8-9(2)3)14-10(4)13-11/h9,11-12H,4-8H2,1-3H3. The van der Waals surface area contributed by atoms with Crippen molar-refractivity contribution >= 4 is 0 Å². The van der Waals surface area contributed by atoms with Gasteiger partial charge in [0.2, 0.25) is 0 Å². The fourth-order valence-corrected chi connectivity index (χ4v) is 1.83. The van der Waals surface area contributed by atoms with Crippen molar-refractivity contribution in [3.05, 3.63) is 12.5 Å². The Morgan fingerprint density at radius 2 is 1.93 bits per heavy atom. The predicted octanol–water partition coefficient (Wildman–Crippen LogP) is 3.48. The van der Waals surface area contributed by atoms with Crippen LogP contribution in [0.25, 0.3) is 0 Å². The average molecular weight is 198 g/mol. The largest absolute Gasteiger partial charge is 0.459 e. The Bertz CT molecular complexity index is 187. The van der Waals surface area contributed by atoms with Gasteiger partial charge in [-0.25, -0.2) is 0 Å². The van der Waals surface area contributed by atoms with Gasteiger partial charge in [0.1, 0.15) is 12.2 Å². The summed E-state index contributed by atoms with van der Waals surface area (Å²) >= 11 is 0. The van der Waals surface area contributed by atoms with E-state index in [-0.39, 0.29) is 12.2 Å². The van der Waals surface area contributed by atoms with Crippen LogP contribution in [-0.2, 0) is 9.47 Å². The summed E-state index contributed by atoms with van der Waals surface area (Å²) in [5, 5.41) is 0. The normalized spacial score (nSPS) is 26.4. The molecule has 82 valence electrons. The lowest BCUT2D eigenvalue weighted by atomic mass is 9.99. The Morgan fingerprint density at radius 1 is 1.29 bits per heavy atom. The van der Waals surface area contributed by atoms with Crippen molar-refractivity contribution in [3.8, 4) is 0 Å². The van der Waals surface area contributed by atoms with Crippen LogP contribution in [0.2, 0.25) is 0 Å². The van der Waals surface area contributed by atoms with E-state index in [2.05, 4.69) is 27.4 Å². The van der Waals surface area contributed by atoms with Gasteiger partial charge < -0.3 is 9.47 Å². The number of hydrogen-bond acceptors (Lipinski definition) is 2. The van der Waals surface area contributed by atoms with Crippen molar-refractivity contribution in [1.82, 2.24) is 0 Å². The van der Waals surface area contributed by atoms with Gasteiger partial charge in [0.05, 0.1) is 0 Å². The first-order valence-electron chi connectivity index (χ1n) is 5.65. The molecule has 1 rings (SSSR count). The van der Waals surface area contributed by atoms with Gasteiger partial charge in [0, 0.05) is 0 Å². The van der Waals surface area contributed by atoms with E-state index in [0.29, 0.717) is 11.9 Å². The number of rotatable bonds is 5. The molecule has 0 aromatic heterocycles. The highest BCUT2D eigenvalue weighted by atomic mass is 16.7. The molecule has 2 nitrogen and oxygen atoms in total. The van der Waals surface area contributed by atoms with E-state index >= 15 is 0 Å². The number of ether oxygens (including phenoxy) is 2. The first kappa shape index (κ1) is 11.4. The lowest BCUT2D eigenvalue weighted by molar-refractivity contribution is 0.124. The van der Waals surface area contributed by atoms with E-state index in [4.69, 9.17) is 9.47 Å². The minimum Gasteiger partial charge on any atom is -0.459 e. The molecule has 1 heterocycles. The molecule has 1 aliphatic rings. The highest BCUT2D eigenvalue weighted by molar-refractivity contribution is 4.87. The first-order chi connectivity index (χ1) is 6.63. The van der Waals surface area contributed by atoms with E-state index in [1.807, 2.05) is 0 Å². The SMILES string of the molecule is C=C1OC(CCCC)C(CC(C)C)O1. The number of unbranched alkanes of at least 4 members (excludes halogenated alkanes) is 1. The summed E-state index contributed by atoms with van der Waals surface area (Å²) in [6, 6.07) is 0. The zero-order valence-corrected chi connectivity index (χ0v) is 9.58.